The van der Waals surface area contributed by atoms with Gasteiger partial charge in [-0.3, -0.25) is 4.79 Å². The first-order chi connectivity index (χ1) is 10.4. The van der Waals surface area contributed by atoms with Gasteiger partial charge in [-0.1, -0.05) is 36.4 Å². The number of aromatic carboxylic acids is 1. The number of hydrogen-bond acceptors (Lipinski definition) is 4. The molecule has 22 heavy (non-hydrogen) atoms. The normalized spacial score (nSPS) is 15.8. The third kappa shape index (κ3) is 2.05. The van der Waals surface area contributed by atoms with Crippen molar-refractivity contribution in [3.05, 3.63) is 71.3 Å². The molecule has 0 unspecified atom stereocenters. The van der Waals surface area contributed by atoms with Crippen LogP contribution < -0.4 is 0 Å². The Labute approximate surface area is 126 Å². The number of fused-ring (bicyclic) bond motifs is 1. The van der Waals surface area contributed by atoms with Crippen LogP contribution in [-0.2, 0) is 9.84 Å². The Morgan fingerprint density at radius 1 is 0.955 bits per heavy atom. The number of carboxylic acids is 1. The van der Waals surface area contributed by atoms with E-state index in [9.17, 15) is 23.1 Å². The Morgan fingerprint density at radius 3 is 2.27 bits per heavy atom. The largest absolute Gasteiger partial charge is 0.478 e. The van der Waals surface area contributed by atoms with Crippen LogP contribution in [0.15, 0.2) is 59.5 Å². The highest BCUT2D eigenvalue weighted by Crippen LogP contribution is 2.36. The summed E-state index contributed by atoms with van der Waals surface area (Å²) in [6.07, 6.45) is 1.04. The fourth-order valence-corrected chi connectivity index (χ4v) is 4.25. The lowest BCUT2D eigenvalue weighted by molar-refractivity contribution is 0.0692. The van der Waals surface area contributed by atoms with E-state index < -0.39 is 32.0 Å². The second-order valence-corrected chi connectivity index (χ2v) is 6.58. The van der Waals surface area contributed by atoms with Crippen molar-refractivity contribution >= 4 is 26.5 Å². The molecule has 1 N–H and O–H groups in total. The molecule has 0 radical (unpaired) electrons. The smallest absolute Gasteiger partial charge is 0.337 e. The highest BCUT2D eigenvalue weighted by atomic mass is 32.2. The van der Waals surface area contributed by atoms with Crippen LogP contribution in [0.5, 0.6) is 0 Å². The minimum atomic E-state index is -4.09. The topological polar surface area (TPSA) is 88.5 Å². The maximum atomic E-state index is 12.8. The fourth-order valence-electron chi connectivity index (χ4n) is 2.41. The van der Waals surface area contributed by atoms with Gasteiger partial charge in [0.15, 0.2) is 5.78 Å². The summed E-state index contributed by atoms with van der Waals surface area (Å²) in [5.74, 6) is -1.91. The molecule has 2 aromatic carbocycles. The maximum Gasteiger partial charge on any atom is 0.337 e. The first-order valence-corrected chi connectivity index (χ1v) is 7.84. The van der Waals surface area contributed by atoms with Gasteiger partial charge in [0.1, 0.15) is 0 Å². The summed E-state index contributed by atoms with van der Waals surface area (Å²) in [5, 5.41) is 9.22. The lowest BCUT2D eigenvalue weighted by Crippen LogP contribution is -2.20. The quantitative estimate of drug-likeness (QED) is 0.919. The molecule has 0 spiro atoms. The predicted octanol–water partition coefficient (Wildman–Crippen LogP) is 2.40. The molecule has 0 aliphatic carbocycles. The molecule has 5 nitrogen and oxygen atoms in total. The molecule has 0 aromatic heterocycles. The average molecular weight is 314 g/mol. The van der Waals surface area contributed by atoms with Gasteiger partial charge >= 0.3 is 5.97 Å². The standard InChI is InChI=1S/C16H10O5S/c17-13-9-14(10-5-2-1-3-6-10)22(20,21)15-11(13)7-4-8-12(15)16(18)19/h1-9H,(H,18,19). The van der Waals surface area contributed by atoms with Crippen molar-refractivity contribution in [3.63, 3.8) is 0 Å². The number of sulfone groups is 1. The molecule has 110 valence electrons. The lowest BCUT2D eigenvalue weighted by Gasteiger charge is -2.18. The van der Waals surface area contributed by atoms with E-state index in [-0.39, 0.29) is 10.5 Å². The number of allylic oxidation sites excluding steroid dienone is 1. The monoisotopic (exact) mass is 314 g/mol. The molecule has 0 bridgehead atoms. The minimum absolute atomic E-state index is 0.111. The number of carbonyl (C=O) groups excluding carboxylic acids is 1. The van der Waals surface area contributed by atoms with E-state index in [1.54, 1.807) is 30.3 Å². The molecular weight excluding hydrogens is 304 g/mol. The summed E-state index contributed by atoms with van der Waals surface area (Å²) in [5.41, 5.74) is -0.159. The van der Waals surface area contributed by atoms with E-state index in [4.69, 9.17) is 0 Å². The molecule has 0 saturated carbocycles. The summed E-state index contributed by atoms with van der Waals surface area (Å²) >= 11 is 0. The van der Waals surface area contributed by atoms with Crippen molar-refractivity contribution in [3.8, 4) is 0 Å². The minimum Gasteiger partial charge on any atom is -0.478 e. The molecule has 1 heterocycles. The zero-order valence-corrected chi connectivity index (χ0v) is 12.0. The van der Waals surface area contributed by atoms with E-state index >= 15 is 0 Å². The van der Waals surface area contributed by atoms with Gasteiger partial charge in [0.05, 0.1) is 15.4 Å². The number of benzene rings is 2. The summed E-state index contributed by atoms with van der Waals surface area (Å²) in [7, 11) is -4.09. The Kier molecular flexibility index (Phi) is 3.18. The third-order valence-corrected chi connectivity index (χ3v) is 5.30. The Bertz CT molecular complexity index is 924. The maximum absolute atomic E-state index is 12.8. The van der Waals surface area contributed by atoms with E-state index in [1.165, 1.54) is 18.2 Å². The summed E-state index contributed by atoms with van der Waals surface area (Å²) in [6, 6.07) is 12.0. The molecule has 6 heteroatoms. The van der Waals surface area contributed by atoms with Crippen molar-refractivity contribution in [2.45, 2.75) is 4.90 Å². The third-order valence-electron chi connectivity index (χ3n) is 3.39. The van der Waals surface area contributed by atoms with Crippen molar-refractivity contribution in [1.82, 2.24) is 0 Å². The van der Waals surface area contributed by atoms with E-state index in [0.29, 0.717) is 5.56 Å². The van der Waals surface area contributed by atoms with Gasteiger partial charge in [-0.15, -0.1) is 0 Å². The molecule has 1 aliphatic rings. The van der Waals surface area contributed by atoms with Crippen LogP contribution in [0.25, 0.3) is 4.91 Å². The number of carbonyl (C=O) groups is 2. The van der Waals surface area contributed by atoms with Crippen LogP contribution in [0.2, 0.25) is 0 Å². The molecule has 2 aromatic rings. The van der Waals surface area contributed by atoms with Crippen molar-refractivity contribution < 1.29 is 23.1 Å². The van der Waals surface area contributed by atoms with Crippen LogP contribution in [0, 0.1) is 0 Å². The first kappa shape index (κ1) is 14.2. The number of ketones is 1. The van der Waals surface area contributed by atoms with Gasteiger partial charge in [-0.05, 0) is 17.7 Å². The second-order valence-electron chi connectivity index (χ2n) is 4.73. The van der Waals surface area contributed by atoms with Crippen LogP contribution in [0.3, 0.4) is 0 Å². The summed E-state index contributed by atoms with van der Waals surface area (Å²) < 4.78 is 25.6. The number of hydrogen-bond donors (Lipinski definition) is 1. The first-order valence-electron chi connectivity index (χ1n) is 6.36. The Morgan fingerprint density at radius 2 is 1.64 bits per heavy atom. The van der Waals surface area contributed by atoms with Crippen molar-refractivity contribution in [2.24, 2.45) is 0 Å². The van der Waals surface area contributed by atoms with Crippen LogP contribution in [0.4, 0.5) is 0 Å². The summed E-state index contributed by atoms with van der Waals surface area (Å²) in [4.78, 5) is 22.9. The zero-order chi connectivity index (χ0) is 15.9. The van der Waals surface area contributed by atoms with Gasteiger partial charge in [-0.2, -0.15) is 0 Å². The Balaban J connectivity index is 2.35. The van der Waals surface area contributed by atoms with Crippen LogP contribution in [0.1, 0.15) is 26.3 Å². The zero-order valence-electron chi connectivity index (χ0n) is 11.2. The van der Waals surface area contributed by atoms with Gasteiger partial charge in [0.25, 0.3) is 0 Å². The van der Waals surface area contributed by atoms with Gasteiger partial charge in [0, 0.05) is 11.6 Å². The lowest BCUT2D eigenvalue weighted by atomic mass is 10.0. The van der Waals surface area contributed by atoms with Crippen LogP contribution >= 0.6 is 0 Å². The fraction of sp³-hybridized carbons (Fsp3) is 0. The highest BCUT2D eigenvalue weighted by Gasteiger charge is 2.36. The van der Waals surface area contributed by atoms with Gasteiger partial charge < -0.3 is 5.11 Å². The van der Waals surface area contributed by atoms with Gasteiger partial charge in [-0.25, -0.2) is 13.2 Å². The van der Waals surface area contributed by atoms with Gasteiger partial charge in [0.2, 0.25) is 9.84 Å². The molecule has 0 atom stereocenters. The second kappa shape index (κ2) is 4.92. The Hall–Kier alpha value is -2.73. The number of rotatable bonds is 2. The van der Waals surface area contributed by atoms with Crippen molar-refractivity contribution in [2.75, 3.05) is 0 Å². The van der Waals surface area contributed by atoms with Crippen molar-refractivity contribution in [1.29, 1.82) is 0 Å². The van der Waals surface area contributed by atoms with E-state index in [2.05, 4.69) is 0 Å². The summed E-state index contributed by atoms with van der Waals surface area (Å²) in [6.45, 7) is 0. The molecular formula is C16H10O5S. The number of carboxylic acid groups (broad SMARTS) is 1. The molecule has 3 rings (SSSR count). The molecule has 0 saturated heterocycles. The highest BCUT2D eigenvalue weighted by molar-refractivity contribution is 8.01. The van der Waals surface area contributed by atoms with E-state index in [0.717, 1.165) is 6.08 Å². The van der Waals surface area contributed by atoms with Crippen LogP contribution in [-0.4, -0.2) is 25.3 Å². The SMILES string of the molecule is O=C(O)c1cccc2c1S(=O)(=O)C(c1ccccc1)=CC2=O. The molecule has 0 amide bonds. The van der Waals surface area contributed by atoms with E-state index in [1.807, 2.05) is 0 Å². The molecule has 0 fully saturated rings. The average Bonchev–Trinajstić information content (AvgIpc) is 2.51. The molecule has 1 aliphatic heterocycles. The predicted molar refractivity (Wildman–Crippen MR) is 79.3 cm³/mol.